The highest BCUT2D eigenvalue weighted by Crippen LogP contribution is 2.28. The second-order valence-electron chi connectivity index (χ2n) is 6.69. The lowest BCUT2D eigenvalue weighted by atomic mass is 10.2. The van der Waals surface area contributed by atoms with Crippen molar-refractivity contribution in [1.29, 1.82) is 0 Å². The molecule has 4 aromatic rings. The van der Waals surface area contributed by atoms with Crippen LogP contribution in [0.15, 0.2) is 59.5 Å². The number of nitrogens with zero attached hydrogens (tertiary/aromatic N) is 3. The molecule has 6 heteroatoms. The van der Waals surface area contributed by atoms with Crippen LogP contribution in [0.1, 0.15) is 17.0 Å². The zero-order valence-electron chi connectivity index (χ0n) is 16.0. The van der Waals surface area contributed by atoms with E-state index in [1.165, 1.54) is 4.68 Å². The minimum absolute atomic E-state index is 0.0881. The molecule has 0 aliphatic heterocycles. The van der Waals surface area contributed by atoms with Crippen LogP contribution >= 0.6 is 0 Å². The maximum atomic E-state index is 13.3. The highest BCUT2D eigenvalue weighted by atomic mass is 16.5. The van der Waals surface area contributed by atoms with Crippen molar-refractivity contribution in [3.63, 3.8) is 0 Å². The van der Waals surface area contributed by atoms with Gasteiger partial charge < -0.3 is 14.4 Å². The van der Waals surface area contributed by atoms with E-state index in [4.69, 9.17) is 4.74 Å². The van der Waals surface area contributed by atoms with Crippen molar-refractivity contribution in [1.82, 2.24) is 14.3 Å². The quantitative estimate of drug-likeness (QED) is 0.594. The fourth-order valence-electron chi connectivity index (χ4n) is 3.67. The Morgan fingerprint density at radius 1 is 1.04 bits per heavy atom. The summed E-state index contributed by atoms with van der Waals surface area (Å²) in [5, 5.41) is 15.2. The molecular weight excluding hydrogens is 354 g/mol. The van der Waals surface area contributed by atoms with E-state index in [-0.39, 0.29) is 12.2 Å². The van der Waals surface area contributed by atoms with Gasteiger partial charge in [0.2, 0.25) is 0 Å². The van der Waals surface area contributed by atoms with Crippen molar-refractivity contribution in [2.75, 3.05) is 7.11 Å². The largest absolute Gasteiger partial charge is 0.497 e. The van der Waals surface area contributed by atoms with Crippen molar-refractivity contribution in [2.45, 2.75) is 20.5 Å². The van der Waals surface area contributed by atoms with Gasteiger partial charge >= 0.3 is 0 Å². The lowest BCUT2D eigenvalue weighted by Crippen LogP contribution is -2.21. The molecule has 2 aromatic heterocycles. The molecule has 28 heavy (non-hydrogen) atoms. The van der Waals surface area contributed by atoms with Gasteiger partial charge in [-0.3, -0.25) is 4.79 Å². The van der Waals surface area contributed by atoms with Crippen LogP contribution in [0, 0.1) is 13.8 Å². The third-order valence-electron chi connectivity index (χ3n) is 5.05. The van der Waals surface area contributed by atoms with Crippen molar-refractivity contribution < 1.29 is 9.84 Å². The molecular formula is C22H21N3O3. The first-order valence-electron chi connectivity index (χ1n) is 8.99. The number of aryl methyl sites for hydroxylation is 2. The van der Waals surface area contributed by atoms with Crippen LogP contribution in [0.25, 0.3) is 22.1 Å². The number of aliphatic hydroxyl groups excluding tert-OH is 1. The molecule has 0 aliphatic carbocycles. The summed E-state index contributed by atoms with van der Waals surface area (Å²) < 4.78 is 8.77. The molecule has 0 saturated heterocycles. The fourth-order valence-corrected chi connectivity index (χ4v) is 3.67. The summed E-state index contributed by atoms with van der Waals surface area (Å²) in [6, 6.07) is 14.9. The number of ether oxygens (including phenoxy) is 1. The number of hydrogen-bond acceptors (Lipinski definition) is 4. The van der Waals surface area contributed by atoms with Gasteiger partial charge in [0, 0.05) is 28.5 Å². The second-order valence-corrected chi connectivity index (χ2v) is 6.69. The molecule has 2 aromatic carbocycles. The van der Waals surface area contributed by atoms with Gasteiger partial charge in [-0.15, -0.1) is 0 Å². The van der Waals surface area contributed by atoms with Crippen molar-refractivity contribution in [3.8, 4) is 17.1 Å². The lowest BCUT2D eigenvalue weighted by molar-refractivity contribution is 0.282. The zero-order chi connectivity index (χ0) is 19.8. The molecule has 0 spiro atoms. The Labute approximate surface area is 162 Å². The highest BCUT2D eigenvalue weighted by molar-refractivity contribution is 5.88. The van der Waals surface area contributed by atoms with E-state index in [9.17, 15) is 9.90 Å². The fraction of sp³-hybridized carbons (Fsp3) is 0.182. The number of benzene rings is 2. The number of hydrogen-bond donors (Lipinski definition) is 1. The van der Waals surface area contributed by atoms with Crippen LogP contribution in [0.3, 0.4) is 0 Å². The average molecular weight is 375 g/mol. The molecule has 0 radical (unpaired) electrons. The molecule has 0 bridgehead atoms. The Bertz CT molecular complexity index is 1240. The number of fused-ring (bicyclic) bond motifs is 1. The van der Waals surface area contributed by atoms with Gasteiger partial charge in [0.15, 0.2) is 0 Å². The molecule has 0 aliphatic rings. The second kappa shape index (κ2) is 6.98. The first-order chi connectivity index (χ1) is 13.5. The molecule has 6 nitrogen and oxygen atoms in total. The third-order valence-corrected chi connectivity index (χ3v) is 5.05. The SMILES string of the molecule is COc1cccc(-n2c(C)c3cnn(-c4cccc(CO)c4)c(=O)c3c2C)c1. The number of aliphatic hydroxyl groups is 1. The van der Waals surface area contributed by atoms with E-state index in [2.05, 4.69) is 5.10 Å². The Hall–Kier alpha value is -3.38. The van der Waals surface area contributed by atoms with E-state index < -0.39 is 0 Å². The van der Waals surface area contributed by atoms with Gasteiger partial charge in [-0.1, -0.05) is 18.2 Å². The van der Waals surface area contributed by atoms with Gasteiger partial charge in [0.25, 0.3) is 5.56 Å². The Morgan fingerprint density at radius 3 is 2.54 bits per heavy atom. The molecule has 1 N–H and O–H groups in total. The highest BCUT2D eigenvalue weighted by Gasteiger charge is 2.18. The first-order valence-corrected chi connectivity index (χ1v) is 8.99. The molecule has 4 rings (SSSR count). The van der Waals surface area contributed by atoms with Crippen molar-refractivity contribution >= 4 is 10.8 Å². The molecule has 0 fully saturated rings. The summed E-state index contributed by atoms with van der Waals surface area (Å²) >= 11 is 0. The van der Waals surface area contributed by atoms with Gasteiger partial charge in [-0.05, 0) is 43.7 Å². The molecule has 0 atom stereocenters. The molecule has 142 valence electrons. The summed E-state index contributed by atoms with van der Waals surface area (Å²) in [7, 11) is 1.63. The van der Waals surface area contributed by atoms with Gasteiger partial charge in [-0.2, -0.15) is 9.78 Å². The maximum absolute atomic E-state index is 13.3. The summed E-state index contributed by atoms with van der Waals surface area (Å²) in [4.78, 5) is 13.3. The summed E-state index contributed by atoms with van der Waals surface area (Å²) in [5.74, 6) is 0.755. The normalized spacial score (nSPS) is 11.1. The van der Waals surface area contributed by atoms with Gasteiger partial charge in [0.1, 0.15) is 5.75 Å². The van der Waals surface area contributed by atoms with E-state index in [1.54, 1.807) is 31.5 Å². The maximum Gasteiger partial charge on any atom is 0.281 e. The number of aromatic nitrogens is 3. The molecule has 0 unspecified atom stereocenters. The standard InChI is InChI=1S/C22H21N3O3/c1-14-20-12-23-25(18-8-4-6-16(10-18)13-26)22(27)21(20)15(2)24(14)17-7-5-9-19(11-17)28-3/h4-12,26H,13H2,1-3H3. The zero-order valence-corrected chi connectivity index (χ0v) is 16.0. The predicted molar refractivity (Wildman–Crippen MR) is 109 cm³/mol. The molecule has 0 amide bonds. The summed E-state index contributed by atoms with van der Waals surface area (Å²) in [6.45, 7) is 3.83. The minimum Gasteiger partial charge on any atom is -0.497 e. The van der Waals surface area contributed by atoms with Gasteiger partial charge in [0.05, 0.1) is 31.0 Å². The van der Waals surface area contributed by atoms with Crippen LogP contribution in [-0.4, -0.2) is 26.6 Å². The van der Waals surface area contributed by atoms with Crippen molar-refractivity contribution in [3.05, 3.63) is 82.0 Å². The summed E-state index contributed by atoms with van der Waals surface area (Å²) in [5.41, 5.74) is 3.90. The van der Waals surface area contributed by atoms with Crippen LogP contribution in [0.4, 0.5) is 0 Å². The smallest absolute Gasteiger partial charge is 0.281 e. The van der Waals surface area contributed by atoms with E-state index in [0.717, 1.165) is 33.8 Å². The predicted octanol–water partition coefficient (Wildman–Crippen LogP) is 3.29. The van der Waals surface area contributed by atoms with E-state index in [0.29, 0.717) is 11.1 Å². The van der Waals surface area contributed by atoms with Gasteiger partial charge in [-0.25, -0.2) is 0 Å². The number of methoxy groups -OCH3 is 1. The van der Waals surface area contributed by atoms with Crippen LogP contribution < -0.4 is 10.3 Å². The molecule has 0 saturated carbocycles. The van der Waals surface area contributed by atoms with Crippen molar-refractivity contribution in [2.24, 2.45) is 0 Å². The van der Waals surface area contributed by atoms with Crippen LogP contribution in [-0.2, 0) is 6.61 Å². The first kappa shape index (κ1) is 18.0. The lowest BCUT2D eigenvalue weighted by Gasteiger charge is -2.10. The number of rotatable bonds is 4. The molecule has 2 heterocycles. The Morgan fingerprint density at radius 2 is 1.79 bits per heavy atom. The topological polar surface area (TPSA) is 69.3 Å². The third kappa shape index (κ3) is 2.78. The van der Waals surface area contributed by atoms with E-state index in [1.807, 2.05) is 48.7 Å². The summed E-state index contributed by atoms with van der Waals surface area (Å²) in [6.07, 6.45) is 1.72. The Kier molecular flexibility index (Phi) is 4.49. The van der Waals surface area contributed by atoms with E-state index >= 15 is 0 Å². The minimum atomic E-state index is -0.185. The van der Waals surface area contributed by atoms with Crippen LogP contribution in [0.2, 0.25) is 0 Å². The monoisotopic (exact) mass is 375 g/mol. The average Bonchev–Trinajstić information content (AvgIpc) is 2.99. The Balaban J connectivity index is 1.97. The van der Waals surface area contributed by atoms with Crippen LogP contribution in [0.5, 0.6) is 5.75 Å².